The fraction of sp³-hybridized carbons (Fsp3) is 0.400. The maximum atomic E-state index is 11.6. The first-order valence-corrected chi connectivity index (χ1v) is 5.89. The Morgan fingerprint density at radius 2 is 2.35 bits per heavy atom. The molecule has 1 aliphatic rings. The molecule has 1 saturated heterocycles. The SMILES string of the molecule is CC1CC(=O)N(Cc2nc(C(=O)O)cs2)C1=O. The maximum Gasteiger partial charge on any atom is 0.355 e. The summed E-state index contributed by atoms with van der Waals surface area (Å²) >= 11 is 1.13. The van der Waals surface area contributed by atoms with E-state index in [2.05, 4.69) is 4.98 Å². The summed E-state index contributed by atoms with van der Waals surface area (Å²) in [6, 6.07) is 0. The van der Waals surface area contributed by atoms with Gasteiger partial charge in [0, 0.05) is 17.7 Å². The number of aromatic nitrogens is 1. The van der Waals surface area contributed by atoms with Gasteiger partial charge in [0.05, 0.1) is 6.54 Å². The van der Waals surface area contributed by atoms with Crippen molar-refractivity contribution < 1.29 is 19.5 Å². The molecule has 1 unspecified atom stereocenters. The Balaban J connectivity index is 2.13. The third-order valence-corrected chi connectivity index (χ3v) is 3.37. The number of hydrogen-bond acceptors (Lipinski definition) is 5. The van der Waals surface area contributed by atoms with Crippen molar-refractivity contribution in [1.29, 1.82) is 0 Å². The van der Waals surface area contributed by atoms with Gasteiger partial charge >= 0.3 is 5.97 Å². The Bertz CT molecular complexity index is 496. The van der Waals surface area contributed by atoms with Crippen molar-refractivity contribution in [2.75, 3.05) is 0 Å². The van der Waals surface area contributed by atoms with E-state index in [0.29, 0.717) is 5.01 Å². The highest BCUT2D eigenvalue weighted by Gasteiger charge is 2.35. The molecule has 0 radical (unpaired) electrons. The predicted molar refractivity (Wildman–Crippen MR) is 58.4 cm³/mol. The lowest BCUT2D eigenvalue weighted by atomic mass is 10.1. The molecule has 1 atom stereocenters. The number of imide groups is 1. The first-order chi connectivity index (χ1) is 7.99. The van der Waals surface area contributed by atoms with Crippen molar-refractivity contribution in [3.05, 3.63) is 16.1 Å². The zero-order valence-corrected chi connectivity index (χ0v) is 9.86. The molecule has 90 valence electrons. The van der Waals surface area contributed by atoms with Crippen LogP contribution in [0, 0.1) is 5.92 Å². The van der Waals surface area contributed by atoms with Crippen molar-refractivity contribution in [2.24, 2.45) is 5.92 Å². The van der Waals surface area contributed by atoms with Crippen molar-refractivity contribution >= 4 is 29.1 Å². The van der Waals surface area contributed by atoms with Crippen molar-refractivity contribution in [1.82, 2.24) is 9.88 Å². The van der Waals surface area contributed by atoms with E-state index in [-0.39, 0.29) is 36.4 Å². The largest absolute Gasteiger partial charge is 0.476 e. The number of amides is 2. The van der Waals surface area contributed by atoms with E-state index in [1.165, 1.54) is 5.38 Å². The van der Waals surface area contributed by atoms with Crippen LogP contribution in [0.4, 0.5) is 0 Å². The van der Waals surface area contributed by atoms with Crippen LogP contribution in [-0.2, 0) is 16.1 Å². The topological polar surface area (TPSA) is 87.6 Å². The van der Waals surface area contributed by atoms with Gasteiger partial charge in [-0.05, 0) is 0 Å². The first-order valence-electron chi connectivity index (χ1n) is 5.01. The highest BCUT2D eigenvalue weighted by Crippen LogP contribution is 2.22. The summed E-state index contributed by atoms with van der Waals surface area (Å²) < 4.78 is 0. The van der Waals surface area contributed by atoms with Crippen LogP contribution in [0.1, 0.15) is 28.8 Å². The highest BCUT2D eigenvalue weighted by atomic mass is 32.1. The van der Waals surface area contributed by atoms with Crippen LogP contribution in [-0.4, -0.2) is 32.8 Å². The average Bonchev–Trinajstić information content (AvgIpc) is 2.80. The molecule has 2 rings (SSSR count). The van der Waals surface area contributed by atoms with Gasteiger partial charge in [-0.25, -0.2) is 9.78 Å². The Labute approximate surface area is 101 Å². The number of carboxylic acid groups (broad SMARTS) is 1. The minimum Gasteiger partial charge on any atom is -0.476 e. The summed E-state index contributed by atoms with van der Waals surface area (Å²) in [6.45, 7) is 1.77. The second-order valence-electron chi connectivity index (χ2n) is 3.85. The first kappa shape index (κ1) is 11.7. The Morgan fingerprint density at radius 3 is 2.82 bits per heavy atom. The molecule has 1 fully saturated rings. The Morgan fingerprint density at radius 1 is 1.65 bits per heavy atom. The summed E-state index contributed by atoms with van der Waals surface area (Å²) in [6.07, 6.45) is 0.218. The zero-order chi connectivity index (χ0) is 12.6. The monoisotopic (exact) mass is 254 g/mol. The molecule has 0 spiro atoms. The molecule has 0 aromatic carbocycles. The normalized spacial score (nSPS) is 20.1. The number of carbonyl (C=O) groups is 3. The van der Waals surface area contributed by atoms with Gasteiger partial charge in [-0.3, -0.25) is 14.5 Å². The molecule has 1 aromatic rings. The van der Waals surface area contributed by atoms with Gasteiger partial charge in [-0.2, -0.15) is 0 Å². The lowest BCUT2D eigenvalue weighted by Crippen LogP contribution is -2.29. The van der Waals surface area contributed by atoms with Gasteiger partial charge in [-0.15, -0.1) is 11.3 Å². The van der Waals surface area contributed by atoms with Crippen LogP contribution >= 0.6 is 11.3 Å². The van der Waals surface area contributed by atoms with Gasteiger partial charge in [0.15, 0.2) is 5.69 Å². The molecule has 2 amide bonds. The molecule has 6 nitrogen and oxygen atoms in total. The van der Waals surface area contributed by atoms with Gasteiger partial charge in [0.25, 0.3) is 0 Å². The Kier molecular flexibility index (Phi) is 2.93. The van der Waals surface area contributed by atoms with E-state index in [4.69, 9.17) is 5.11 Å². The quantitative estimate of drug-likeness (QED) is 0.804. The lowest BCUT2D eigenvalue weighted by Gasteiger charge is -2.11. The summed E-state index contributed by atoms with van der Waals surface area (Å²) in [5.74, 6) is -1.85. The molecule has 0 bridgehead atoms. The molecular formula is C10H10N2O4S. The number of aromatic carboxylic acids is 1. The predicted octanol–water partition coefficient (Wildman–Crippen LogP) is 0.736. The van der Waals surface area contributed by atoms with Gasteiger partial charge in [0.1, 0.15) is 5.01 Å². The van der Waals surface area contributed by atoms with E-state index in [0.717, 1.165) is 16.2 Å². The van der Waals surface area contributed by atoms with Crippen LogP contribution in [0.2, 0.25) is 0 Å². The molecule has 2 heterocycles. The van der Waals surface area contributed by atoms with Gasteiger partial charge in [0.2, 0.25) is 11.8 Å². The van der Waals surface area contributed by atoms with E-state index in [1.807, 2.05) is 0 Å². The summed E-state index contributed by atoms with van der Waals surface area (Å²) in [4.78, 5) is 38.7. The second-order valence-corrected chi connectivity index (χ2v) is 4.80. The number of hydrogen-bond donors (Lipinski definition) is 1. The minimum atomic E-state index is -1.11. The molecule has 7 heteroatoms. The highest BCUT2D eigenvalue weighted by molar-refractivity contribution is 7.09. The van der Waals surface area contributed by atoms with E-state index < -0.39 is 5.97 Å². The van der Waals surface area contributed by atoms with Crippen LogP contribution < -0.4 is 0 Å². The number of likely N-dealkylation sites (tertiary alicyclic amines) is 1. The molecule has 1 aliphatic heterocycles. The summed E-state index contributed by atoms with van der Waals surface area (Å²) in [7, 11) is 0. The van der Waals surface area contributed by atoms with Crippen LogP contribution in [0.3, 0.4) is 0 Å². The van der Waals surface area contributed by atoms with Crippen LogP contribution in [0.25, 0.3) is 0 Å². The smallest absolute Gasteiger partial charge is 0.355 e. The third-order valence-electron chi connectivity index (χ3n) is 2.53. The number of carbonyl (C=O) groups excluding carboxylic acids is 2. The third kappa shape index (κ3) is 2.19. The number of carboxylic acids is 1. The van der Waals surface area contributed by atoms with Crippen LogP contribution in [0.15, 0.2) is 5.38 Å². The summed E-state index contributed by atoms with van der Waals surface area (Å²) in [5.41, 5.74) is -0.0582. The number of rotatable bonds is 3. The second kappa shape index (κ2) is 4.25. The number of thiazole rings is 1. The Hall–Kier alpha value is -1.76. The average molecular weight is 254 g/mol. The van der Waals surface area contributed by atoms with Crippen molar-refractivity contribution in [3.8, 4) is 0 Å². The van der Waals surface area contributed by atoms with Crippen molar-refractivity contribution in [3.63, 3.8) is 0 Å². The molecule has 0 aliphatic carbocycles. The van der Waals surface area contributed by atoms with Crippen molar-refractivity contribution in [2.45, 2.75) is 19.9 Å². The maximum absolute atomic E-state index is 11.6. The number of nitrogens with zero attached hydrogens (tertiary/aromatic N) is 2. The van der Waals surface area contributed by atoms with E-state index >= 15 is 0 Å². The van der Waals surface area contributed by atoms with E-state index in [9.17, 15) is 14.4 Å². The van der Waals surface area contributed by atoms with Gasteiger partial charge < -0.3 is 5.11 Å². The molecule has 0 saturated carbocycles. The molecular weight excluding hydrogens is 244 g/mol. The lowest BCUT2D eigenvalue weighted by molar-refractivity contribution is -0.139. The van der Waals surface area contributed by atoms with Gasteiger partial charge in [-0.1, -0.05) is 6.92 Å². The molecule has 17 heavy (non-hydrogen) atoms. The molecule has 1 aromatic heterocycles. The standard InChI is InChI=1S/C10H10N2O4S/c1-5-2-8(13)12(9(5)14)3-7-11-6(4-17-7)10(15)16/h4-5H,2-3H2,1H3,(H,15,16). The van der Waals surface area contributed by atoms with E-state index in [1.54, 1.807) is 6.92 Å². The zero-order valence-electron chi connectivity index (χ0n) is 9.04. The fourth-order valence-corrected chi connectivity index (χ4v) is 2.39. The van der Waals surface area contributed by atoms with Crippen LogP contribution in [0.5, 0.6) is 0 Å². The fourth-order valence-electron chi connectivity index (χ4n) is 1.63. The minimum absolute atomic E-state index is 0.0582. The molecule has 1 N–H and O–H groups in total. The summed E-state index contributed by atoms with van der Waals surface area (Å²) in [5, 5.41) is 10.6.